The number of aryl methyl sites for hydroxylation is 1. The topological polar surface area (TPSA) is 97.3 Å². The second kappa shape index (κ2) is 15.1. The molecule has 0 radical (unpaired) electrons. The predicted octanol–water partition coefficient (Wildman–Crippen LogP) is 7.53. The molecular formula is C37H50ClN3O5S. The number of halogens is 1. The van der Waals surface area contributed by atoms with Crippen molar-refractivity contribution in [3.63, 3.8) is 0 Å². The predicted molar refractivity (Wildman–Crippen MR) is 190 cm³/mol. The number of amides is 2. The van der Waals surface area contributed by atoms with E-state index in [1.54, 1.807) is 13.2 Å². The van der Waals surface area contributed by atoms with E-state index in [0.717, 1.165) is 42.9 Å². The summed E-state index contributed by atoms with van der Waals surface area (Å²) in [5.41, 5.74) is 3.42. The van der Waals surface area contributed by atoms with Gasteiger partial charge in [0.05, 0.1) is 24.2 Å². The summed E-state index contributed by atoms with van der Waals surface area (Å²) in [6.07, 6.45) is 9.31. The fraction of sp³-hybridized carbons (Fsp3) is 0.568. The summed E-state index contributed by atoms with van der Waals surface area (Å²) in [5.74, 6) is 0.367. The fourth-order valence-electron chi connectivity index (χ4n) is 7.46. The van der Waals surface area contributed by atoms with E-state index in [2.05, 4.69) is 52.1 Å². The van der Waals surface area contributed by atoms with Gasteiger partial charge in [0, 0.05) is 42.6 Å². The Balaban J connectivity index is 1.61. The van der Waals surface area contributed by atoms with Crippen LogP contribution in [-0.4, -0.2) is 54.7 Å². The van der Waals surface area contributed by atoms with Crippen LogP contribution in [0.5, 0.6) is 5.75 Å². The molecule has 2 heterocycles. The van der Waals surface area contributed by atoms with E-state index < -0.39 is 15.8 Å². The molecule has 47 heavy (non-hydrogen) atoms. The number of methoxy groups -OCH3 is 1. The zero-order chi connectivity index (χ0) is 33.8. The van der Waals surface area contributed by atoms with Crippen LogP contribution in [0.3, 0.4) is 0 Å². The SMILES string of the molecule is CC[C@H]1CN2C[C@@]3(CCCc4cc(Cl)ccc43)COc3ccc(cc32)C(=O)N=S(=O)(NC(=O)CC(C)C)CCC/C=C\[C@H](OC)[C@@H]1C. The van der Waals surface area contributed by atoms with E-state index in [4.69, 9.17) is 21.1 Å². The summed E-state index contributed by atoms with van der Waals surface area (Å²) in [4.78, 5) is 28.9. The summed E-state index contributed by atoms with van der Waals surface area (Å²) in [6.45, 7) is 10.3. The molecular weight excluding hydrogens is 634 g/mol. The van der Waals surface area contributed by atoms with Crippen LogP contribution in [0.2, 0.25) is 5.02 Å². The molecule has 256 valence electrons. The van der Waals surface area contributed by atoms with E-state index >= 15 is 0 Å². The number of carbonyl (C=O) groups is 2. The number of anilines is 1. The average molecular weight is 684 g/mol. The Kier molecular flexibility index (Phi) is 11.4. The van der Waals surface area contributed by atoms with Crippen LogP contribution >= 0.6 is 11.6 Å². The van der Waals surface area contributed by atoms with Crippen molar-refractivity contribution in [2.45, 2.75) is 84.2 Å². The first kappa shape index (κ1) is 35.4. The van der Waals surface area contributed by atoms with Crippen LogP contribution in [0, 0.1) is 17.8 Å². The number of allylic oxidation sites excluding steroid dienone is 1. The quantitative estimate of drug-likeness (QED) is 0.328. The van der Waals surface area contributed by atoms with Gasteiger partial charge in [0.15, 0.2) is 0 Å². The van der Waals surface area contributed by atoms with Gasteiger partial charge in [-0.3, -0.25) is 14.3 Å². The fourth-order valence-corrected chi connectivity index (χ4v) is 9.26. The monoisotopic (exact) mass is 683 g/mol. The Morgan fingerprint density at radius 2 is 2.04 bits per heavy atom. The molecule has 0 saturated heterocycles. The number of benzene rings is 2. The number of nitrogens with one attached hydrogen (secondary N) is 1. The molecule has 5 rings (SSSR count). The van der Waals surface area contributed by atoms with E-state index in [9.17, 15) is 13.8 Å². The highest BCUT2D eigenvalue weighted by Crippen LogP contribution is 2.45. The summed E-state index contributed by atoms with van der Waals surface area (Å²) in [6, 6.07) is 11.6. The second-order valence-corrected chi connectivity index (χ2v) is 16.5. The Morgan fingerprint density at radius 1 is 1.23 bits per heavy atom. The molecule has 2 aromatic carbocycles. The molecule has 2 bridgehead atoms. The Bertz CT molecular complexity index is 1620. The number of hydrogen-bond donors (Lipinski definition) is 1. The molecule has 2 aliphatic heterocycles. The summed E-state index contributed by atoms with van der Waals surface area (Å²) >= 11 is 6.44. The maximum atomic E-state index is 14.1. The lowest BCUT2D eigenvalue weighted by Gasteiger charge is -2.42. The molecule has 1 aliphatic carbocycles. The van der Waals surface area contributed by atoms with Crippen molar-refractivity contribution in [1.29, 1.82) is 0 Å². The molecule has 1 unspecified atom stereocenters. The number of hydrogen-bond acceptors (Lipinski definition) is 6. The Hall–Kier alpha value is -2.88. The van der Waals surface area contributed by atoms with Gasteiger partial charge in [-0.15, -0.1) is 4.36 Å². The lowest BCUT2D eigenvalue weighted by atomic mass is 9.70. The van der Waals surface area contributed by atoms with Gasteiger partial charge in [0.1, 0.15) is 15.7 Å². The van der Waals surface area contributed by atoms with E-state index in [-0.39, 0.29) is 47.4 Å². The second-order valence-electron chi connectivity index (χ2n) is 13.9. The molecule has 0 aromatic heterocycles. The molecule has 1 spiro atoms. The summed E-state index contributed by atoms with van der Waals surface area (Å²) in [5, 5.41) is 0.742. The first-order chi connectivity index (χ1) is 22.5. The van der Waals surface area contributed by atoms with Crippen LogP contribution in [0.4, 0.5) is 5.69 Å². The smallest absolute Gasteiger partial charge is 0.286 e. The zero-order valence-corrected chi connectivity index (χ0v) is 30.0. The van der Waals surface area contributed by atoms with Crippen LogP contribution < -0.4 is 14.4 Å². The third-order valence-electron chi connectivity index (χ3n) is 10.0. The van der Waals surface area contributed by atoms with Crippen molar-refractivity contribution < 1.29 is 23.3 Å². The summed E-state index contributed by atoms with van der Waals surface area (Å²) in [7, 11) is -1.60. The molecule has 2 amide bonds. The number of nitrogens with zero attached hydrogens (tertiary/aromatic N) is 2. The van der Waals surface area contributed by atoms with Gasteiger partial charge in [-0.25, -0.2) is 4.21 Å². The van der Waals surface area contributed by atoms with Crippen molar-refractivity contribution >= 4 is 39.0 Å². The highest BCUT2D eigenvalue weighted by atomic mass is 35.5. The maximum Gasteiger partial charge on any atom is 0.286 e. The normalized spacial score (nSPS) is 29.0. The van der Waals surface area contributed by atoms with Crippen LogP contribution in [0.25, 0.3) is 0 Å². The lowest BCUT2D eigenvalue weighted by molar-refractivity contribution is -0.119. The first-order valence-corrected chi connectivity index (χ1v) is 19.1. The van der Waals surface area contributed by atoms with Gasteiger partial charge in [-0.05, 0) is 91.3 Å². The van der Waals surface area contributed by atoms with Gasteiger partial charge >= 0.3 is 0 Å². The van der Waals surface area contributed by atoms with Crippen molar-refractivity contribution in [3.8, 4) is 5.75 Å². The van der Waals surface area contributed by atoms with Gasteiger partial charge < -0.3 is 14.4 Å². The van der Waals surface area contributed by atoms with E-state index in [1.165, 1.54) is 11.1 Å². The minimum absolute atomic E-state index is 0.0732. The minimum atomic E-state index is -3.35. The van der Waals surface area contributed by atoms with Gasteiger partial charge in [0.25, 0.3) is 5.91 Å². The Morgan fingerprint density at radius 3 is 2.79 bits per heavy atom. The highest BCUT2D eigenvalue weighted by molar-refractivity contribution is 7.92. The largest absolute Gasteiger partial charge is 0.490 e. The van der Waals surface area contributed by atoms with Crippen LogP contribution in [-0.2, 0) is 31.3 Å². The third kappa shape index (κ3) is 8.23. The number of carbonyl (C=O) groups excluding carboxylic acids is 2. The zero-order valence-electron chi connectivity index (χ0n) is 28.4. The number of fused-ring (bicyclic) bond motifs is 3. The number of rotatable bonds is 5. The minimum Gasteiger partial charge on any atom is -0.490 e. The van der Waals surface area contributed by atoms with Gasteiger partial charge in [-0.2, -0.15) is 0 Å². The van der Waals surface area contributed by atoms with Gasteiger partial charge in [0.2, 0.25) is 5.91 Å². The molecule has 5 atom stereocenters. The molecule has 10 heteroatoms. The van der Waals surface area contributed by atoms with Crippen molar-refractivity contribution in [2.75, 3.05) is 37.5 Å². The van der Waals surface area contributed by atoms with Gasteiger partial charge in [-0.1, -0.05) is 63.9 Å². The molecule has 0 saturated carbocycles. The van der Waals surface area contributed by atoms with E-state index in [1.807, 2.05) is 32.0 Å². The Labute approximate surface area is 285 Å². The van der Waals surface area contributed by atoms with Crippen molar-refractivity contribution in [2.24, 2.45) is 22.1 Å². The number of ether oxygens (including phenoxy) is 2. The average Bonchev–Trinajstić information content (AvgIpc) is 3.17. The highest BCUT2D eigenvalue weighted by Gasteiger charge is 2.42. The lowest BCUT2D eigenvalue weighted by Crippen LogP contribution is -2.47. The first-order valence-electron chi connectivity index (χ1n) is 17.1. The van der Waals surface area contributed by atoms with E-state index in [0.29, 0.717) is 37.3 Å². The third-order valence-corrected chi connectivity index (χ3v) is 12.1. The van der Waals surface area contributed by atoms with Crippen molar-refractivity contribution in [3.05, 3.63) is 70.3 Å². The molecule has 0 fully saturated rings. The van der Waals surface area contributed by atoms with Crippen molar-refractivity contribution in [1.82, 2.24) is 4.72 Å². The molecule has 8 nitrogen and oxygen atoms in total. The molecule has 2 aromatic rings. The molecule has 3 aliphatic rings. The van der Waals surface area contributed by atoms with Crippen LogP contribution in [0.15, 0.2) is 52.9 Å². The summed E-state index contributed by atoms with van der Waals surface area (Å²) < 4.78 is 33.5. The maximum absolute atomic E-state index is 14.1. The standard InChI is InChI=1S/C37H50ClN3O5S/c1-6-27-22-41-23-37(17-10-11-28-20-30(38)14-15-31(28)37)24-46-34-16-13-29(21-32(34)41)36(43)40-47(44,39-35(42)19-25(2)3)18-9-7-8-12-33(45-5)26(27)4/h8,12-16,20-21,25-27,33H,6-7,9-11,17-19,22-24H2,1-5H3,(H,39,40,42,43,44)/b12-8-/t26-,27+,33+,37+,47?/m1/s1. The molecule has 1 N–H and O–H groups in total. The van der Waals surface area contributed by atoms with Crippen LogP contribution in [0.1, 0.15) is 87.7 Å².